The molecule has 2 aliphatic rings. The number of para-hydroxylation sites is 1. The summed E-state index contributed by atoms with van der Waals surface area (Å²) in [6, 6.07) is 6.23. The summed E-state index contributed by atoms with van der Waals surface area (Å²) in [4.78, 5) is 24.5. The average Bonchev–Trinajstić information content (AvgIpc) is 3.00. The van der Waals surface area contributed by atoms with Crippen LogP contribution in [0.2, 0.25) is 0 Å². The first-order chi connectivity index (χ1) is 11.5. The summed E-state index contributed by atoms with van der Waals surface area (Å²) < 4.78 is 0. The Bertz CT molecular complexity index is 595. The molecule has 3 unspecified atom stereocenters. The van der Waals surface area contributed by atoms with E-state index in [2.05, 4.69) is 16.0 Å². The molecular weight excluding hydrogens is 302 g/mol. The van der Waals surface area contributed by atoms with E-state index in [0.717, 1.165) is 23.2 Å². The van der Waals surface area contributed by atoms with Crippen molar-refractivity contribution in [3.05, 3.63) is 29.3 Å². The molecule has 1 heterocycles. The summed E-state index contributed by atoms with van der Waals surface area (Å²) in [5.74, 6) is 0.384. The quantitative estimate of drug-likeness (QED) is 0.794. The van der Waals surface area contributed by atoms with Crippen molar-refractivity contribution in [3.63, 3.8) is 0 Å². The third-order valence-electron chi connectivity index (χ3n) is 5.35. The van der Waals surface area contributed by atoms with Gasteiger partial charge in [0.05, 0.1) is 12.6 Å². The Labute approximate surface area is 143 Å². The average molecular weight is 329 g/mol. The Balaban J connectivity index is 1.48. The second kappa shape index (κ2) is 7.34. The molecule has 0 radical (unpaired) electrons. The Kier molecular flexibility index (Phi) is 5.19. The van der Waals surface area contributed by atoms with E-state index in [1.165, 1.54) is 25.7 Å². The summed E-state index contributed by atoms with van der Waals surface area (Å²) in [6.07, 6.45) is 5.81. The molecule has 130 valence electrons. The summed E-state index contributed by atoms with van der Waals surface area (Å²) in [7, 11) is 0. The van der Waals surface area contributed by atoms with Crippen LogP contribution >= 0.6 is 0 Å². The maximum absolute atomic E-state index is 12.3. The molecule has 1 saturated heterocycles. The summed E-state index contributed by atoms with van der Waals surface area (Å²) in [6.45, 7) is 3.94. The Morgan fingerprint density at radius 2 is 1.88 bits per heavy atom. The normalized spacial score (nSPS) is 25.8. The van der Waals surface area contributed by atoms with Gasteiger partial charge in [-0.3, -0.25) is 9.59 Å². The van der Waals surface area contributed by atoms with E-state index in [4.69, 9.17) is 0 Å². The van der Waals surface area contributed by atoms with Crippen LogP contribution in [0.15, 0.2) is 18.2 Å². The Morgan fingerprint density at radius 1 is 1.17 bits per heavy atom. The zero-order chi connectivity index (χ0) is 17.1. The van der Waals surface area contributed by atoms with E-state index < -0.39 is 0 Å². The van der Waals surface area contributed by atoms with Crippen LogP contribution in [0, 0.1) is 19.8 Å². The van der Waals surface area contributed by atoms with Crippen molar-refractivity contribution in [2.24, 2.45) is 5.92 Å². The number of fused-ring (bicyclic) bond motifs is 1. The van der Waals surface area contributed by atoms with E-state index in [0.29, 0.717) is 12.0 Å². The van der Waals surface area contributed by atoms with Crippen molar-refractivity contribution in [2.45, 2.75) is 58.0 Å². The number of anilines is 1. The lowest BCUT2D eigenvalue weighted by Gasteiger charge is -2.24. The van der Waals surface area contributed by atoms with Gasteiger partial charge < -0.3 is 16.0 Å². The van der Waals surface area contributed by atoms with Crippen molar-refractivity contribution in [3.8, 4) is 0 Å². The van der Waals surface area contributed by atoms with Crippen LogP contribution in [0.1, 0.15) is 43.2 Å². The number of nitrogens with one attached hydrogen (secondary N) is 3. The second-order valence-electron chi connectivity index (χ2n) is 7.14. The van der Waals surface area contributed by atoms with E-state index in [9.17, 15) is 9.59 Å². The van der Waals surface area contributed by atoms with Crippen LogP contribution in [0.3, 0.4) is 0 Å². The van der Waals surface area contributed by atoms with Gasteiger partial charge in [-0.15, -0.1) is 0 Å². The largest absolute Gasteiger partial charge is 0.346 e. The third kappa shape index (κ3) is 3.78. The van der Waals surface area contributed by atoms with Gasteiger partial charge in [0.1, 0.15) is 0 Å². The lowest BCUT2D eigenvalue weighted by Crippen LogP contribution is -2.45. The molecule has 5 heteroatoms. The molecule has 1 aromatic carbocycles. The van der Waals surface area contributed by atoms with Gasteiger partial charge in [-0.05, 0) is 50.2 Å². The molecule has 0 bridgehead atoms. The van der Waals surface area contributed by atoms with E-state index >= 15 is 0 Å². The smallest absolute Gasteiger partial charge is 0.243 e. The maximum atomic E-state index is 12.3. The Morgan fingerprint density at radius 3 is 2.58 bits per heavy atom. The number of carbonyl (C=O) groups excluding carboxylic acids is 2. The van der Waals surface area contributed by atoms with Gasteiger partial charge in [-0.25, -0.2) is 0 Å². The molecule has 1 aromatic rings. The highest BCUT2D eigenvalue weighted by Crippen LogP contribution is 2.33. The number of rotatable bonds is 4. The predicted molar refractivity (Wildman–Crippen MR) is 94.8 cm³/mol. The standard InChI is InChI=1S/C19H27N3O2/c1-12-6-5-7-13(2)18(12)22-17(23)11-20-19(24)16-10-14-8-3-4-9-15(14)21-16/h5-7,14-16,21H,3-4,8-11H2,1-2H3,(H,20,24)(H,22,23). The number of carbonyl (C=O) groups is 2. The summed E-state index contributed by atoms with van der Waals surface area (Å²) in [5.41, 5.74) is 2.88. The molecular formula is C19H27N3O2. The van der Waals surface area contributed by atoms with Gasteiger partial charge in [0.25, 0.3) is 0 Å². The van der Waals surface area contributed by atoms with Gasteiger partial charge in [-0.1, -0.05) is 31.0 Å². The molecule has 1 saturated carbocycles. The summed E-state index contributed by atoms with van der Waals surface area (Å²) >= 11 is 0. The molecule has 1 aliphatic heterocycles. The molecule has 2 amide bonds. The van der Waals surface area contributed by atoms with Crippen LogP contribution in [-0.2, 0) is 9.59 Å². The topological polar surface area (TPSA) is 70.2 Å². The zero-order valence-corrected chi connectivity index (χ0v) is 14.5. The van der Waals surface area contributed by atoms with Gasteiger partial charge in [0, 0.05) is 11.7 Å². The van der Waals surface area contributed by atoms with Crippen molar-refractivity contribution < 1.29 is 9.59 Å². The van der Waals surface area contributed by atoms with Gasteiger partial charge >= 0.3 is 0 Å². The van der Waals surface area contributed by atoms with Crippen LogP contribution in [-0.4, -0.2) is 30.4 Å². The maximum Gasteiger partial charge on any atom is 0.243 e. The third-order valence-corrected chi connectivity index (χ3v) is 5.35. The Hall–Kier alpha value is -1.88. The first-order valence-electron chi connectivity index (χ1n) is 8.94. The lowest BCUT2D eigenvalue weighted by molar-refractivity contribution is -0.125. The molecule has 0 aromatic heterocycles. The van der Waals surface area contributed by atoms with Gasteiger partial charge in [-0.2, -0.15) is 0 Å². The molecule has 0 spiro atoms. The first kappa shape index (κ1) is 17.0. The number of hydrogen-bond donors (Lipinski definition) is 3. The monoisotopic (exact) mass is 329 g/mol. The molecule has 3 atom stereocenters. The van der Waals surface area contributed by atoms with Crippen LogP contribution in [0.5, 0.6) is 0 Å². The fraction of sp³-hybridized carbons (Fsp3) is 0.579. The highest BCUT2D eigenvalue weighted by atomic mass is 16.2. The number of amides is 2. The minimum atomic E-state index is -0.184. The summed E-state index contributed by atoms with van der Waals surface area (Å²) in [5, 5.41) is 9.12. The van der Waals surface area contributed by atoms with Crippen molar-refractivity contribution in [1.82, 2.24) is 10.6 Å². The van der Waals surface area contributed by atoms with Gasteiger partial charge in [0.15, 0.2) is 0 Å². The van der Waals surface area contributed by atoms with Crippen LogP contribution in [0.25, 0.3) is 0 Å². The van der Waals surface area contributed by atoms with Gasteiger partial charge in [0.2, 0.25) is 11.8 Å². The molecule has 3 N–H and O–H groups in total. The molecule has 2 fully saturated rings. The number of aryl methyl sites for hydroxylation is 2. The fourth-order valence-corrected chi connectivity index (χ4v) is 4.01. The molecule has 1 aliphatic carbocycles. The van der Waals surface area contributed by atoms with E-state index in [-0.39, 0.29) is 24.4 Å². The van der Waals surface area contributed by atoms with Crippen LogP contribution in [0.4, 0.5) is 5.69 Å². The lowest BCUT2D eigenvalue weighted by atomic mass is 9.85. The molecule has 24 heavy (non-hydrogen) atoms. The SMILES string of the molecule is Cc1cccc(C)c1NC(=O)CNC(=O)C1CC2CCCCC2N1. The predicted octanol–water partition coefficient (Wildman–Crippen LogP) is 2.28. The highest BCUT2D eigenvalue weighted by Gasteiger charge is 2.38. The van der Waals surface area contributed by atoms with Crippen molar-refractivity contribution in [1.29, 1.82) is 0 Å². The highest BCUT2D eigenvalue weighted by molar-refractivity contribution is 5.96. The first-order valence-corrected chi connectivity index (χ1v) is 8.94. The van der Waals surface area contributed by atoms with Crippen molar-refractivity contribution >= 4 is 17.5 Å². The van der Waals surface area contributed by atoms with Crippen molar-refractivity contribution in [2.75, 3.05) is 11.9 Å². The number of benzene rings is 1. The minimum absolute atomic E-state index is 0.0140. The van der Waals surface area contributed by atoms with E-state index in [1.807, 2.05) is 32.0 Å². The second-order valence-corrected chi connectivity index (χ2v) is 7.14. The molecule has 3 rings (SSSR count). The van der Waals surface area contributed by atoms with E-state index in [1.54, 1.807) is 0 Å². The number of hydrogen-bond acceptors (Lipinski definition) is 3. The van der Waals surface area contributed by atoms with Crippen LogP contribution < -0.4 is 16.0 Å². The molecule has 5 nitrogen and oxygen atoms in total. The fourth-order valence-electron chi connectivity index (χ4n) is 4.01. The minimum Gasteiger partial charge on any atom is -0.346 e. The zero-order valence-electron chi connectivity index (χ0n) is 14.5.